The van der Waals surface area contributed by atoms with Crippen LogP contribution in [0, 0.1) is 0 Å². The highest BCUT2D eigenvalue weighted by Gasteiger charge is 2.62. The molecule has 2 aromatic rings. The zero-order valence-corrected chi connectivity index (χ0v) is 22.6. The fourth-order valence-corrected chi connectivity index (χ4v) is 6.25. The Hall–Kier alpha value is -2.66. The Morgan fingerprint density at radius 2 is 1.63 bits per heavy atom. The van der Waals surface area contributed by atoms with E-state index < -0.39 is 64.1 Å². The first kappa shape index (κ1) is 26.9. The van der Waals surface area contributed by atoms with Crippen LogP contribution in [0.3, 0.4) is 0 Å². The van der Waals surface area contributed by atoms with E-state index in [2.05, 4.69) is 20.3 Å². The van der Waals surface area contributed by atoms with Gasteiger partial charge in [-0.3, -0.25) is 14.3 Å². The molecule has 0 spiro atoms. The number of nitrogens with zero attached hydrogens (tertiary/aromatic N) is 1. The summed E-state index contributed by atoms with van der Waals surface area (Å²) in [6, 6.07) is 5.58. The van der Waals surface area contributed by atoms with Gasteiger partial charge in [-0.1, -0.05) is 0 Å². The van der Waals surface area contributed by atoms with Crippen molar-refractivity contribution in [3.05, 3.63) is 35.8 Å². The van der Waals surface area contributed by atoms with Crippen molar-refractivity contribution in [2.45, 2.75) is 74.9 Å². The Morgan fingerprint density at radius 3 is 2.32 bits per heavy atom. The highest BCUT2D eigenvalue weighted by molar-refractivity contribution is 7.93. The molecule has 15 heteroatoms. The molecule has 1 aromatic carbocycles. The monoisotopic (exact) mass is 568 g/mol. The predicted molar refractivity (Wildman–Crippen MR) is 134 cm³/mol. The average molecular weight is 569 g/mol. The van der Waals surface area contributed by atoms with Crippen LogP contribution in [0.25, 0.3) is 0 Å². The van der Waals surface area contributed by atoms with Crippen LogP contribution in [-0.4, -0.2) is 74.0 Å². The lowest BCUT2D eigenvalue weighted by atomic mass is 9.98. The van der Waals surface area contributed by atoms with Gasteiger partial charge in [-0.15, -0.1) is 11.3 Å². The van der Waals surface area contributed by atoms with Crippen molar-refractivity contribution < 1.29 is 41.7 Å². The number of hydrogen-bond donors (Lipinski definition) is 3. The third-order valence-corrected chi connectivity index (χ3v) is 8.11. The Labute approximate surface area is 223 Å². The minimum absolute atomic E-state index is 0.00398. The van der Waals surface area contributed by atoms with Gasteiger partial charge in [-0.25, -0.2) is 13.4 Å². The molecule has 38 heavy (non-hydrogen) atoms. The molecule has 206 valence electrons. The molecular weight excluding hydrogens is 540 g/mol. The van der Waals surface area contributed by atoms with Crippen molar-refractivity contribution in [2.24, 2.45) is 0 Å². The van der Waals surface area contributed by atoms with Gasteiger partial charge in [0, 0.05) is 17.3 Å². The molecule has 5 atom stereocenters. The van der Waals surface area contributed by atoms with Gasteiger partial charge in [0.25, 0.3) is 15.9 Å². The lowest BCUT2D eigenvalue weighted by Crippen LogP contribution is -2.59. The Morgan fingerprint density at radius 1 is 0.974 bits per heavy atom. The van der Waals surface area contributed by atoms with Gasteiger partial charge in [0.05, 0.1) is 11.4 Å². The van der Waals surface area contributed by atoms with Crippen LogP contribution in [0.5, 0.6) is 0 Å². The summed E-state index contributed by atoms with van der Waals surface area (Å²) in [5.74, 6) is -2.98. The zero-order chi connectivity index (χ0) is 27.3. The molecule has 0 radical (unpaired) electrons. The average Bonchev–Trinajstić information content (AvgIpc) is 3.52. The topological polar surface area (TPSA) is 163 Å². The van der Waals surface area contributed by atoms with Crippen LogP contribution >= 0.6 is 11.3 Å². The van der Waals surface area contributed by atoms with Gasteiger partial charge in [-0.05, 0) is 52.0 Å². The van der Waals surface area contributed by atoms with E-state index in [9.17, 15) is 18.0 Å². The molecule has 3 aliphatic rings. The number of amides is 2. The van der Waals surface area contributed by atoms with Crippen LogP contribution < -0.4 is 15.4 Å². The highest BCUT2D eigenvalue weighted by Crippen LogP contribution is 2.44. The number of anilines is 2. The molecule has 0 aliphatic carbocycles. The maximum absolute atomic E-state index is 13.0. The third kappa shape index (κ3) is 5.68. The molecule has 1 unspecified atom stereocenters. The standard InChI is InChI=1S/C23H28N4O9S2/c1-22(2)33-15-16(34-22)18-20(36-23(3,4)35-18)32-17(15)19(29)25-11-14(28)26-12-5-7-13(8-6-12)38(30,31)27-21-24-9-10-37-21/h5-10,15-18,20H,11H2,1-4H3,(H,24,27)(H,25,29)(H,26,28)/t15-,16+,17?,18-,20-/m1/s1. The van der Waals surface area contributed by atoms with Crippen molar-refractivity contribution in [3.8, 4) is 0 Å². The van der Waals surface area contributed by atoms with E-state index in [4.69, 9.17) is 23.7 Å². The second-order valence-corrected chi connectivity index (χ2v) is 12.4. The van der Waals surface area contributed by atoms with E-state index in [1.165, 1.54) is 30.5 Å². The van der Waals surface area contributed by atoms with E-state index in [-0.39, 0.29) is 16.6 Å². The molecule has 2 amide bonds. The number of carbonyl (C=O) groups excluding carboxylic acids is 2. The number of aromatic nitrogens is 1. The summed E-state index contributed by atoms with van der Waals surface area (Å²) in [6.45, 7) is 6.58. The maximum Gasteiger partial charge on any atom is 0.263 e. The number of hydrogen-bond acceptors (Lipinski definition) is 11. The normalized spacial score (nSPS) is 29.2. The second-order valence-electron chi connectivity index (χ2n) is 9.82. The van der Waals surface area contributed by atoms with Gasteiger partial charge in [0.15, 0.2) is 29.1 Å². The van der Waals surface area contributed by atoms with Crippen molar-refractivity contribution in [1.82, 2.24) is 10.3 Å². The summed E-state index contributed by atoms with van der Waals surface area (Å²) >= 11 is 1.15. The molecule has 0 saturated carbocycles. The number of thiazole rings is 1. The number of ether oxygens (including phenoxy) is 5. The van der Waals surface area contributed by atoms with Crippen molar-refractivity contribution in [1.29, 1.82) is 0 Å². The molecule has 4 heterocycles. The van der Waals surface area contributed by atoms with Crippen molar-refractivity contribution in [2.75, 3.05) is 16.6 Å². The van der Waals surface area contributed by atoms with Crippen LogP contribution in [0.2, 0.25) is 0 Å². The number of nitrogens with one attached hydrogen (secondary N) is 3. The van der Waals surface area contributed by atoms with Crippen LogP contribution in [-0.2, 0) is 43.3 Å². The molecule has 3 aliphatic heterocycles. The van der Waals surface area contributed by atoms with Gasteiger partial charge in [0.1, 0.15) is 18.3 Å². The van der Waals surface area contributed by atoms with E-state index >= 15 is 0 Å². The van der Waals surface area contributed by atoms with Crippen molar-refractivity contribution in [3.63, 3.8) is 0 Å². The first-order valence-corrected chi connectivity index (χ1v) is 14.1. The van der Waals surface area contributed by atoms with Gasteiger partial charge >= 0.3 is 0 Å². The number of sulfonamides is 1. The van der Waals surface area contributed by atoms with E-state index in [0.717, 1.165) is 11.3 Å². The summed E-state index contributed by atoms with van der Waals surface area (Å²) < 4.78 is 56.8. The van der Waals surface area contributed by atoms with Crippen LogP contribution in [0.15, 0.2) is 40.7 Å². The first-order valence-electron chi connectivity index (χ1n) is 11.8. The molecule has 13 nitrogen and oxygen atoms in total. The Balaban J connectivity index is 1.17. The number of rotatable bonds is 7. The summed E-state index contributed by atoms with van der Waals surface area (Å²) in [4.78, 5) is 29.4. The molecule has 3 fully saturated rings. The van der Waals surface area contributed by atoms with Crippen molar-refractivity contribution >= 4 is 44.0 Å². The first-order chi connectivity index (χ1) is 17.8. The fraction of sp³-hybridized carbons (Fsp3) is 0.522. The van der Waals surface area contributed by atoms with Crippen LogP contribution in [0.4, 0.5) is 10.8 Å². The lowest BCUT2D eigenvalue weighted by Gasteiger charge is -2.36. The third-order valence-electron chi connectivity index (χ3n) is 5.94. The minimum Gasteiger partial charge on any atom is -0.345 e. The maximum atomic E-state index is 13.0. The molecule has 1 aromatic heterocycles. The Kier molecular flexibility index (Phi) is 6.96. The molecular formula is C23H28N4O9S2. The SMILES string of the molecule is CC1(C)O[C@H]2OC(C(=O)NCC(=O)Nc3ccc(S(=O)(=O)Nc4nccs4)cc3)[C@@H]3OC(C)(C)O[C@@H]3[C@H]2O1. The summed E-state index contributed by atoms with van der Waals surface area (Å²) in [7, 11) is -3.82. The van der Waals surface area contributed by atoms with Gasteiger partial charge in [-0.2, -0.15) is 0 Å². The van der Waals surface area contributed by atoms with Crippen LogP contribution in [0.1, 0.15) is 27.7 Å². The summed E-state index contributed by atoms with van der Waals surface area (Å²) in [5.41, 5.74) is 0.349. The molecule has 3 N–H and O–H groups in total. The summed E-state index contributed by atoms with van der Waals surface area (Å²) in [6.07, 6.45) is -2.39. The largest absolute Gasteiger partial charge is 0.345 e. The van der Waals surface area contributed by atoms with E-state index in [0.29, 0.717) is 5.69 Å². The molecule has 0 bridgehead atoms. The quantitative estimate of drug-likeness (QED) is 0.445. The van der Waals surface area contributed by atoms with E-state index in [1.807, 2.05) is 0 Å². The highest BCUT2D eigenvalue weighted by atomic mass is 32.2. The smallest absolute Gasteiger partial charge is 0.263 e. The number of benzene rings is 1. The minimum atomic E-state index is -3.82. The van der Waals surface area contributed by atoms with Gasteiger partial charge < -0.3 is 34.3 Å². The molecule has 5 rings (SSSR count). The Bertz CT molecular complexity index is 1300. The molecule has 3 saturated heterocycles. The van der Waals surface area contributed by atoms with E-state index in [1.54, 1.807) is 33.1 Å². The number of carbonyl (C=O) groups is 2. The fourth-order valence-electron chi connectivity index (χ4n) is 4.46. The van der Waals surface area contributed by atoms with Gasteiger partial charge in [0.2, 0.25) is 5.91 Å². The summed E-state index contributed by atoms with van der Waals surface area (Å²) in [5, 5.41) is 7.06. The predicted octanol–water partition coefficient (Wildman–Crippen LogP) is 1.40. The number of fused-ring (bicyclic) bond motifs is 3. The lowest BCUT2D eigenvalue weighted by molar-refractivity contribution is -0.231. The zero-order valence-electron chi connectivity index (χ0n) is 21.0. The second kappa shape index (κ2) is 9.82.